The summed E-state index contributed by atoms with van der Waals surface area (Å²) in [6.07, 6.45) is 0.721. The van der Waals surface area contributed by atoms with E-state index in [4.69, 9.17) is 0 Å². The van der Waals surface area contributed by atoms with Gasteiger partial charge in [0.15, 0.2) is 0 Å². The average molecular weight is 344 g/mol. The van der Waals surface area contributed by atoms with Gasteiger partial charge in [-0.2, -0.15) is 0 Å². The molecule has 126 valence electrons. The van der Waals surface area contributed by atoms with Gasteiger partial charge >= 0.3 is 6.03 Å². The molecule has 1 heterocycles. The summed E-state index contributed by atoms with van der Waals surface area (Å²) in [6, 6.07) is 13.6. The van der Waals surface area contributed by atoms with Crippen LogP contribution in [0, 0.1) is 6.92 Å². The molecular formula is C18H20N2O3S. The number of hydrogen-bond acceptors (Lipinski definition) is 3. The predicted octanol–water partition coefficient (Wildman–Crippen LogP) is 3.01. The van der Waals surface area contributed by atoms with E-state index in [2.05, 4.69) is 4.72 Å². The van der Waals surface area contributed by atoms with Crippen molar-refractivity contribution in [3.8, 4) is 0 Å². The summed E-state index contributed by atoms with van der Waals surface area (Å²) < 4.78 is 27.0. The molecule has 2 amide bonds. The maximum absolute atomic E-state index is 12.5. The quantitative estimate of drug-likeness (QED) is 0.911. The molecule has 0 saturated heterocycles. The van der Waals surface area contributed by atoms with Gasteiger partial charge in [0.05, 0.1) is 10.9 Å². The first-order valence-electron chi connectivity index (χ1n) is 7.86. The molecule has 1 atom stereocenters. The van der Waals surface area contributed by atoms with Gasteiger partial charge in [0.1, 0.15) is 0 Å². The Labute approximate surface area is 142 Å². The van der Waals surface area contributed by atoms with E-state index in [0.29, 0.717) is 6.54 Å². The number of benzene rings is 2. The van der Waals surface area contributed by atoms with Gasteiger partial charge in [-0.25, -0.2) is 17.9 Å². The minimum atomic E-state index is -3.87. The third-order valence-electron chi connectivity index (χ3n) is 4.41. The van der Waals surface area contributed by atoms with Crippen LogP contribution in [0.2, 0.25) is 0 Å². The Morgan fingerprint density at radius 1 is 1.12 bits per heavy atom. The second kappa shape index (κ2) is 6.28. The van der Waals surface area contributed by atoms with Crippen molar-refractivity contribution in [2.75, 3.05) is 6.54 Å². The van der Waals surface area contributed by atoms with Gasteiger partial charge in [0, 0.05) is 6.54 Å². The zero-order valence-corrected chi connectivity index (χ0v) is 14.5. The maximum Gasteiger partial charge on any atom is 0.331 e. The Hall–Kier alpha value is -2.34. The molecule has 0 radical (unpaired) electrons. The lowest BCUT2D eigenvalue weighted by Gasteiger charge is -2.35. The highest BCUT2D eigenvalue weighted by atomic mass is 32.2. The van der Waals surface area contributed by atoms with Gasteiger partial charge in [0.25, 0.3) is 10.0 Å². The maximum atomic E-state index is 12.5. The molecule has 1 N–H and O–H groups in total. The molecule has 0 aliphatic carbocycles. The largest absolute Gasteiger partial charge is 0.331 e. The molecule has 1 aliphatic heterocycles. The van der Waals surface area contributed by atoms with Gasteiger partial charge < -0.3 is 4.90 Å². The normalized spacial score (nSPS) is 17.2. The second-order valence-corrected chi connectivity index (χ2v) is 7.72. The van der Waals surface area contributed by atoms with Crippen molar-refractivity contribution in [3.05, 3.63) is 65.2 Å². The van der Waals surface area contributed by atoms with Crippen LogP contribution in [0.1, 0.15) is 29.7 Å². The van der Waals surface area contributed by atoms with E-state index in [9.17, 15) is 13.2 Å². The van der Waals surface area contributed by atoms with Crippen molar-refractivity contribution >= 4 is 16.1 Å². The standard InChI is InChI=1S/C18H20N2O3S/c1-13-7-9-16(10-8-13)24(22,23)19-18(21)20-12-11-15-5-3-4-6-17(15)14(20)2/h3-10,14H,11-12H2,1-2H3,(H,19,21). The van der Waals surface area contributed by atoms with Gasteiger partial charge in [-0.3, -0.25) is 0 Å². The summed E-state index contributed by atoms with van der Waals surface area (Å²) in [5.41, 5.74) is 3.23. The van der Waals surface area contributed by atoms with Crippen LogP contribution in [0.25, 0.3) is 0 Å². The first kappa shape index (κ1) is 16.5. The Morgan fingerprint density at radius 2 is 1.79 bits per heavy atom. The summed E-state index contributed by atoms with van der Waals surface area (Å²) in [5.74, 6) is 0. The van der Waals surface area contributed by atoms with Crippen molar-refractivity contribution in [2.45, 2.75) is 31.2 Å². The fourth-order valence-corrected chi connectivity index (χ4v) is 3.96. The van der Waals surface area contributed by atoms with E-state index in [0.717, 1.165) is 17.5 Å². The second-order valence-electron chi connectivity index (χ2n) is 6.04. The van der Waals surface area contributed by atoms with Gasteiger partial charge in [-0.15, -0.1) is 0 Å². The molecule has 0 saturated carbocycles. The number of carbonyl (C=O) groups excluding carboxylic acids is 1. The van der Waals surface area contributed by atoms with Crippen molar-refractivity contribution in [2.24, 2.45) is 0 Å². The highest BCUT2D eigenvalue weighted by Gasteiger charge is 2.29. The Balaban J connectivity index is 1.79. The Bertz CT molecular complexity index is 860. The number of urea groups is 1. The van der Waals surface area contributed by atoms with Crippen LogP contribution in [-0.4, -0.2) is 25.9 Å². The number of amides is 2. The summed E-state index contributed by atoms with van der Waals surface area (Å²) in [5, 5.41) is 0. The summed E-state index contributed by atoms with van der Waals surface area (Å²) in [6.45, 7) is 4.28. The molecule has 5 nitrogen and oxygen atoms in total. The number of sulfonamides is 1. The lowest BCUT2D eigenvalue weighted by molar-refractivity contribution is 0.180. The van der Waals surface area contributed by atoms with Crippen molar-refractivity contribution < 1.29 is 13.2 Å². The smallest absolute Gasteiger partial charge is 0.317 e. The van der Waals surface area contributed by atoms with Crippen LogP contribution in [0.15, 0.2) is 53.4 Å². The minimum Gasteiger partial charge on any atom is -0.317 e. The molecule has 3 rings (SSSR count). The van der Waals surface area contributed by atoms with E-state index < -0.39 is 16.1 Å². The molecule has 24 heavy (non-hydrogen) atoms. The number of carbonyl (C=O) groups is 1. The number of aryl methyl sites for hydroxylation is 1. The van der Waals surface area contributed by atoms with E-state index in [1.54, 1.807) is 17.0 Å². The first-order chi connectivity index (χ1) is 11.4. The Kier molecular flexibility index (Phi) is 4.32. The third-order valence-corrected chi connectivity index (χ3v) is 5.74. The molecule has 0 aromatic heterocycles. The summed E-state index contributed by atoms with van der Waals surface area (Å²) >= 11 is 0. The topological polar surface area (TPSA) is 66.5 Å². The van der Waals surface area contributed by atoms with Crippen LogP contribution in [0.5, 0.6) is 0 Å². The lowest BCUT2D eigenvalue weighted by Crippen LogP contribution is -2.46. The molecule has 1 aliphatic rings. The number of nitrogens with zero attached hydrogens (tertiary/aromatic N) is 1. The van der Waals surface area contributed by atoms with Crippen LogP contribution in [0.3, 0.4) is 0 Å². The molecule has 6 heteroatoms. The summed E-state index contributed by atoms with van der Waals surface area (Å²) in [7, 11) is -3.87. The number of nitrogens with one attached hydrogen (secondary N) is 1. The van der Waals surface area contributed by atoms with E-state index in [1.165, 1.54) is 17.7 Å². The van der Waals surface area contributed by atoms with E-state index >= 15 is 0 Å². The Morgan fingerprint density at radius 3 is 2.50 bits per heavy atom. The highest BCUT2D eigenvalue weighted by molar-refractivity contribution is 7.90. The summed E-state index contributed by atoms with van der Waals surface area (Å²) in [4.78, 5) is 14.2. The zero-order chi connectivity index (χ0) is 17.3. The van der Waals surface area contributed by atoms with Crippen LogP contribution < -0.4 is 4.72 Å². The van der Waals surface area contributed by atoms with Crippen LogP contribution in [-0.2, 0) is 16.4 Å². The third kappa shape index (κ3) is 3.14. The SMILES string of the molecule is Cc1ccc(S(=O)(=O)NC(=O)N2CCc3ccccc3C2C)cc1. The molecule has 2 aromatic carbocycles. The first-order valence-corrected chi connectivity index (χ1v) is 9.35. The molecule has 1 unspecified atom stereocenters. The number of hydrogen-bond donors (Lipinski definition) is 1. The van der Waals surface area contributed by atoms with Crippen LogP contribution >= 0.6 is 0 Å². The monoisotopic (exact) mass is 344 g/mol. The van der Waals surface area contributed by atoms with Crippen molar-refractivity contribution in [1.29, 1.82) is 0 Å². The van der Waals surface area contributed by atoms with E-state index in [1.807, 2.05) is 38.1 Å². The molecule has 0 spiro atoms. The van der Waals surface area contributed by atoms with Gasteiger partial charge in [-0.05, 0) is 43.5 Å². The van der Waals surface area contributed by atoms with Crippen molar-refractivity contribution in [1.82, 2.24) is 9.62 Å². The van der Waals surface area contributed by atoms with Crippen LogP contribution in [0.4, 0.5) is 4.79 Å². The predicted molar refractivity (Wildman–Crippen MR) is 92.2 cm³/mol. The molecule has 0 fully saturated rings. The fraction of sp³-hybridized carbons (Fsp3) is 0.278. The molecule has 0 bridgehead atoms. The van der Waals surface area contributed by atoms with Gasteiger partial charge in [0.2, 0.25) is 0 Å². The zero-order valence-electron chi connectivity index (χ0n) is 13.7. The number of fused-ring (bicyclic) bond motifs is 1. The lowest BCUT2D eigenvalue weighted by atomic mass is 9.94. The van der Waals surface area contributed by atoms with E-state index in [-0.39, 0.29) is 10.9 Å². The average Bonchev–Trinajstić information content (AvgIpc) is 2.55. The van der Waals surface area contributed by atoms with Crippen molar-refractivity contribution in [3.63, 3.8) is 0 Å². The minimum absolute atomic E-state index is 0.0894. The molecular weight excluding hydrogens is 324 g/mol. The fourth-order valence-electron chi connectivity index (χ4n) is 3.00. The van der Waals surface area contributed by atoms with Gasteiger partial charge in [-0.1, -0.05) is 42.0 Å². The molecule has 2 aromatic rings. The highest BCUT2D eigenvalue weighted by Crippen LogP contribution is 2.29. The number of rotatable bonds is 2.